The first kappa shape index (κ1) is 29.2. The minimum atomic E-state index is -2.81. The summed E-state index contributed by atoms with van der Waals surface area (Å²) in [4.78, 5) is 21.2. The molecule has 10 nitrogen and oxygen atoms in total. The van der Waals surface area contributed by atoms with Crippen LogP contribution in [-0.2, 0) is 11.3 Å². The summed E-state index contributed by atoms with van der Waals surface area (Å²) in [5, 5.41) is 5.67. The minimum absolute atomic E-state index is 0. The van der Waals surface area contributed by atoms with Crippen molar-refractivity contribution >= 4 is 23.9 Å². The van der Waals surface area contributed by atoms with Crippen molar-refractivity contribution in [3.63, 3.8) is 0 Å². The number of nitrogens with zero attached hydrogens (tertiary/aromatic N) is 3. The number of nitrogens with one attached hydrogen (secondary N) is 2. The lowest BCUT2D eigenvalue weighted by atomic mass is 10.1. The van der Waals surface area contributed by atoms with Crippen LogP contribution in [0.25, 0.3) is 0 Å². The Morgan fingerprint density at radius 3 is 2.23 bits per heavy atom. The van der Waals surface area contributed by atoms with Crippen molar-refractivity contribution < 1.29 is 35.4 Å². The van der Waals surface area contributed by atoms with Crippen LogP contribution in [0.4, 0.5) is 26.2 Å². The highest BCUT2D eigenvalue weighted by Crippen LogP contribution is 2.40. The predicted octanol–water partition coefficient (Wildman–Crippen LogP) is 5.26. The highest BCUT2D eigenvalue weighted by Gasteiger charge is 2.15. The second kappa shape index (κ2) is 15.2. The molecule has 2 heterocycles. The first-order valence-electron chi connectivity index (χ1n) is 12.3. The first-order chi connectivity index (χ1) is 19.0. The van der Waals surface area contributed by atoms with E-state index in [0.29, 0.717) is 36.2 Å². The van der Waals surface area contributed by atoms with Gasteiger partial charge in [-0.2, -0.15) is 13.8 Å². The van der Waals surface area contributed by atoms with E-state index in [0.717, 1.165) is 30.2 Å². The Bertz CT molecular complexity index is 1160. The molecular formula is C27H37F2N5O5. The van der Waals surface area contributed by atoms with Crippen molar-refractivity contribution in [2.24, 2.45) is 0 Å². The summed E-state index contributed by atoms with van der Waals surface area (Å²) in [7, 11) is 4.77. The zero-order valence-electron chi connectivity index (χ0n) is 22.2. The number of benzene rings is 2. The first-order valence-corrected chi connectivity index (χ1v) is 12.3. The Hall–Kier alpha value is -4.35. The third-order valence-corrected chi connectivity index (χ3v) is 5.78. The molecule has 2 N–H and O–H groups in total. The molecule has 1 aliphatic rings. The summed E-state index contributed by atoms with van der Waals surface area (Å²) in [5.41, 5.74) is 1.59. The van der Waals surface area contributed by atoms with Gasteiger partial charge in [0.25, 0.3) is 0 Å². The molecule has 0 atom stereocenters. The number of alkyl halides is 2. The Morgan fingerprint density at radius 1 is 1.00 bits per heavy atom. The lowest BCUT2D eigenvalue weighted by Crippen LogP contribution is -2.30. The second-order valence-corrected chi connectivity index (χ2v) is 8.35. The van der Waals surface area contributed by atoms with Crippen molar-refractivity contribution in [3.8, 4) is 23.0 Å². The largest absolute Gasteiger partial charge is 0.493 e. The maximum Gasteiger partial charge on any atom is 0.387 e. The van der Waals surface area contributed by atoms with E-state index in [2.05, 4.69) is 30.2 Å². The van der Waals surface area contributed by atoms with Crippen LogP contribution in [0.1, 0.15) is 27.7 Å². The van der Waals surface area contributed by atoms with E-state index in [1.807, 2.05) is 18.2 Å². The molecule has 1 fully saturated rings. The number of halogens is 2. The van der Waals surface area contributed by atoms with Gasteiger partial charge in [-0.15, -0.1) is 0 Å². The summed E-state index contributed by atoms with van der Waals surface area (Å²) in [6, 6.07) is 11.7. The van der Waals surface area contributed by atoms with Crippen LogP contribution >= 0.6 is 0 Å². The Balaban J connectivity index is 0.000000452. The lowest BCUT2D eigenvalue weighted by molar-refractivity contribution is -0.109. The molecule has 0 spiro atoms. The fourth-order valence-corrected chi connectivity index (χ4v) is 3.94. The van der Waals surface area contributed by atoms with Crippen LogP contribution in [0.15, 0.2) is 48.7 Å². The number of aromatic nitrogens is 2. The smallest absolute Gasteiger partial charge is 0.387 e. The SMILES string of the molecule is COc1cc(Nc2nccc(N3CCCCC3)n2)cc(OC)c1OC.O=CNCc1ccc(OC(F)F)cc1.[HH].[HH]. The minimum Gasteiger partial charge on any atom is -0.493 e. The molecule has 1 amide bonds. The van der Waals surface area contributed by atoms with Crippen LogP contribution in [0, 0.1) is 0 Å². The summed E-state index contributed by atoms with van der Waals surface area (Å²) in [5.74, 6) is 3.31. The Morgan fingerprint density at radius 2 is 1.67 bits per heavy atom. The zero-order chi connectivity index (χ0) is 28.0. The van der Waals surface area contributed by atoms with Gasteiger partial charge < -0.3 is 34.5 Å². The van der Waals surface area contributed by atoms with Gasteiger partial charge in [-0.1, -0.05) is 12.1 Å². The average molecular weight is 550 g/mol. The topological polar surface area (TPSA) is 107 Å². The van der Waals surface area contributed by atoms with Crippen molar-refractivity contribution in [3.05, 3.63) is 54.2 Å². The van der Waals surface area contributed by atoms with Gasteiger partial charge in [0.1, 0.15) is 11.6 Å². The number of piperidine rings is 1. The lowest BCUT2D eigenvalue weighted by Gasteiger charge is -2.27. The molecule has 12 heteroatoms. The highest BCUT2D eigenvalue weighted by molar-refractivity contribution is 5.66. The van der Waals surface area contributed by atoms with Gasteiger partial charge in [-0.05, 0) is 43.0 Å². The van der Waals surface area contributed by atoms with E-state index in [-0.39, 0.29) is 8.60 Å². The zero-order valence-corrected chi connectivity index (χ0v) is 22.2. The maximum atomic E-state index is 11.7. The quantitative estimate of drug-likeness (QED) is 0.310. The van der Waals surface area contributed by atoms with Gasteiger partial charge in [0.05, 0.1) is 21.3 Å². The van der Waals surface area contributed by atoms with Crippen molar-refractivity contribution in [1.29, 1.82) is 0 Å². The number of amides is 1. The number of methoxy groups -OCH3 is 3. The molecule has 214 valence electrons. The molecule has 0 saturated carbocycles. The fraction of sp³-hybridized carbons (Fsp3) is 0.370. The summed E-state index contributed by atoms with van der Waals surface area (Å²) in [6.07, 6.45) is 6.05. The summed E-state index contributed by atoms with van der Waals surface area (Å²) >= 11 is 0. The number of anilines is 3. The fourth-order valence-electron chi connectivity index (χ4n) is 3.94. The average Bonchev–Trinajstić information content (AvgIpc) is 2.97. The van der Waals surface area contributed by atoms with Gasteiger partial charge in [-0.3, -0.25) is 4.79 Å². The number of rotatable bonds is 11. The van der Waals surface area contributed by atoms with E-state index in [1.54, 1.807) is 39.7 Å². The van der Waals surface area contributed by atoms with Gasteiger partial charge in [0.15, 0.2) is 11.5 Å². The number of hydrogen-bond acceptors (Lipinski definition) is 9. The maximum absolute atomic E-state index is 11.7. The molecule has 0 radical (unpaired) electrons. The van der Waals surface area contributed by atoms with E-state index in [1.165, 1.54) is 31.4 Å². The van der Waals surface area contributed by atoms with E-state index >= 15 is 0 Å². The van der Waals surface area contributed by atoms with Crippen molar-refractivity contribution in [1.82, 2.24) is 15.3 Å². The van der Waals surface area contributed by atoms with Gasteiger partial charge in [0.2, 0.25) is 18.1 Å². The van der Waals surface area contributed by atoms with Gasteiger partial charge in [0, 0.05) is 46.5 Å². The molecule has 1 aliphatic heterocycles. The van der Waals surface area contributed by atoms with E-state index < -0.39 is 6.61 Å². The van der Waals surface area contributed by atoms with Crippen molar-refractivity contribution in [2.45, 2.75) is 32.4 Å². The molecule has 1 saturated heterocycles. The number of carbonyl (C=O) groups excluding carboxylic acids is 1. The highest BCUT2D eigenvalue weighted by atomic mass is 19.3. The van der Waals surface area contributed by atoms with Gasteiger partial charge in [-0.25, -0.2) is 4.98 Å². The second-order valence-electron chi connectivity index (χ2n) is 8.35. The third kappa shape index (κ3) is 8.87. The normalized spacial score (nSPS) is 12.6. The number of hydrogen-bond donors (Lipinski definition) is 2. The monoisotopic (exact) mass is 549 g/mol. The Kier molecular flexibility index (Phi) is 11.4. The summed E-state index contributed by atoms with van der Waals surface area (Å²) in [6.45, 7) is -0.353. The number of carbonyl (C=O) groups is 1. The molecule has 2 aromatic carbocycles. The van der Waals surface area contributed by atoms with Crippen LogP contribution in [-0.4, -0.2) is 57.4 Å². The van der Waals surface area contributed by atoms with Gasteiger partial charge >= 0.3 is 6.61 Å². The standard InChI is InChI=1S/C18H24N4O3.C9H9F2NO2.2H2/c1-23-14-11-13(12-15(24-2)17(14)25-3)20-18-19-8-7-16(21-18)22-9-5-4-6-10-22;10-9(11)14-8-3-1-7(2-4-8)5-12-6-13;;/h7-8,11-12H,4-6,9-10H2,1-3H3,(H,19,20,21);1-4,6,9H,5H2,(H,12,13);2*1H. The molecule has 39 heavy (non-hydrogen) atoms. The molecule has 1 aromatic heterocycles. The molecule has 3 aromatic rings. The number of ether oxygens (including phenoxy) is 4. The van der Waals surface area contributed by atoms with Crippen LogP contribution < -0.4 is 34.5 Å². The molecular weight excluding hydrogens is 512 g/mol. The van der Waals surface area contributed by atoms with E-state index in [9.17, 15) is 13.6 Å². The molecule has 0 aliphatic carbocycles. The van der Waals surface area contributed by atoms with Crippen LogP contribution in [0.2, 0.25) is 0 Å². The summed E-state index contributed by atoms with van der Waals surface area (Å²) < 4.78 is 43.7. The third-order valence-electron chi connectivity index (χ3n) is 5.78. The van der Waals surface area contributed by atoms with Crippen LogP contribution in [0.3, 0.4) is 0 Å². The molecule has 0 unspecified atom stereocenters. The Labute approximate surface area is 229 Å². The molecule has 4 rings (SSSR count). The predicted molar refractivity (Wildman–Crippen MR) is 148 cm³/mol. The van der Waals surface area contributed by atoms with E-state index in [4.69, 9.17) is 14.2 Å². The molecule has 0 bridgehead atoms. The van der Waals surface area contributed by atoms with Crippen molar-refractivity contribution in [2.75, 3.05) is 44.6 Å². The van der Waals surface area contributed by atoms with Crippen LogP contribution in [0.5, 0.6) is 23.0 Å².